The molecule has 0 radical (unpaired) electrons. The Morgan fingerprint density at radius 3 is 2.62 bits per heavy atom. The first-order valence-electron chi connectivity index (χ1n) is 14.0. The predicted octanol–water partition coefficient (Wildman–Crippen LogP) is 8.68. The first-order chi connectivity index (χ1) is 16.3. The number of aryl methyl sites for hydroxylation is 1. The molecule has 4 aliphatic rings. The SMILES string of the molecule is CCC=CC12CC1(C)N/C=C\c1cc(C)c(CCCC)c3c1C(CC)C1=C(C=CCC12)C3(C)C. The topological polar surface area (TPSA) is 12.0 Å². The van der Waals surface area contributed by atoms with Gasteiger partial charge in [0.1, 0.15) is 0 Å². The molecule has 1 aromatic rings. The van der Waals surface area contributed by atoms with Gasteiger partial charge in [-0.3, -0.25) is 0 Å². The Kier molecular flexibility index (Phi) is 5.78. The lowest BCUT2D eigenvalue weighted by molar-refractivity contribution is 0.332. The van der Waals surface area contributed by atoms with E-state index < -0.39 is 0 Å². The van der Waals surface area contributed by atoms with Crippen molar-refractivity contribution in [2.45, 2.75) is 110 Å². The summed E-state index contributed by atoms with van der Waals surface area (Å²) >= 11 is 0. The van der Waals surface area contributed by atoms with Crippen molar-refractivity contribution in [2.75, 3.05) is 0 Å². The highest BCUT2D eigenvalue weighted by Gasteiger charge is 2.67. The molecule has 1 saturated carbocycles. The van der Waals surface area contributed by atoms with E-state index in [-0.39, 0.29) is 16.4 Å². The van der Waals surface area contributed by atoms with Crippen LogP contribution in [0, 0.1) is 18.3 Å². The molecule has 34 heavy (non-hydrogen) atoms. The van der Waals surface area contributed by atoms with Gasteiger partial charge in [0.15, 0.2) is 0 Å². The molecule has 4 unspecified atom stereocenters. The minimum Gasteiger partial charge on any atom is -0.385 e. The molecule has 3 aliphatic carbocycles. The Morgan fingerprint density at radius 1 is 1.12 bits per heavy atom. The zero-order valence-electron chi connectivity index (χ0n) is 22.6. The Bertz CT molecular complexity index is 1110. The van der Waals surface area contributed by atoms with Gasteiger partial charge in [0.05, 0.1) is 0 Å². The van der Waals surface area contributed by atoms with Crippen LogP contribution in [0.5, 0.6) is 0 Å². The van der Waals surface area contributed by atoms with Crippen LogP contribution in [0.25, 0.3) is 6.08 Å². The van der Waals surface area contributed by atoms with E-state index >= 15 is 0 Å². The van der Waals surface area contributed by atoms with Crippen LogP contribution < -0.4 is 5.32 Å². The zero-order chi connectivity index (χ0) is 24.3. The Hall–Kier alpha value is -2.02. The van der Waals surface area contributed by atoms with Gasteiger partial charge < -0.3 is 5.32 Å². The molecule has 0 saturated heterocycles. The second-order valence-corrected chi connectivity index (χ2v) is 12.1. The van der Waals surface area contributed by atoms with E-state index in [1.165, 1.54) is 49.7 Å². The molecule has 1 nitrogen and oxygen atoms in total. The molecule has 1 heterocycles. The van der Waals surface area contributed by atoms with Crippen molar-refractivity contribution in [3.63, 3.8) is 0 Å². The van der Waals surface area contributed by atoms with Crippen molar-refractivity contribution in [3.8, 4) is 0 Å². The molecule has 0 aromatic heterocycles. The summed E-state index contributed by atoms with van der Waals surface area (Å²) in [4.78, 5) is 0. The normalized spacial score (nSPS) is 33.5. The average molecular weight is 456 g/mol. The van der Waals surface area contributed by atoms with Crippen molar-refractivity contribution in [3.05, 3.63) is 75.5 Å². The number of unbranched alkanes of at least 4 members (excludes halogenated alkanes) is 1. The molecule has 5 rings (SSSR count). The Balaban J connectivity index is 1.83. The minimum absolute atomic E-state index is 0.0385. The maximum absolute atomic E-state index is 3.90. The number of hydrogen-bond donors (Lipinski definition) is 1. The fourth-order valence-corrected chi connectivity index (χ4v) is 7.98. The van der Waals surface area contributed by atoms with Crippen molar-refractivity contribution in [1.29, 1.82) is 0 Å². The summed E-state index contributed by atoms with van der Waals surface area (Å²) in [6, 6.07) is 2.50. The average Bonchev–Trinajstić information content (AvgIpc) is 3.42. The van der Waals surface area contributed by atoms with Gasteiger partial charge in [-0.1, -0.05) is 77.0 Å². The number of fused-ring (bicyclic) bond motifs is 2. The van der Waals surface area contributed by atoms with Gasteiger partial charge in [-0.2, -0.15) is 0 Å². The lowest BCUT2D eigenvalue weighted by Gasteiger charge is -2.48. The van der Waals surface area contributed by atoms with E-state index in [1.54, 1.807) is 27.8 Å². The van der Waals surface area contributed by atoms with Gasteiger partial charge in [0, 0.05) is 22.3 Å². The fourth-order valence-electron chi connectivity index (χ4n) is 7.98. The van der Waals surface area contributed by atoms with E-state index in [9.17, 15) is 0 Å². The summed E-state index contributed by atoms with van der Waals surface area (Å²) in [6.45, 7) is 16.9. The summed E-state index contributed by atoms with van der Waals surface area (Å²) in [7, 11) is 0. The van der Waals surface area contributed by atoms with Gasteiger partial charge in [-0.25, -0.2) is 0 Å². The number of benzene rings is 1. The molecule has 1 fully saturated rings. The van der Waals surface area contributed by atoms with Gasteiger partial charge >= 0.3 is 0 Å². The highest BCUT2D eigenvalue weighted by atomic mass is 15.1. The first-order valence-corrected chi connectivity index (χ1v) is 14.0. The smallest absolute Gasteiger partial charge is 0.0446 e. The van der Waals surface area contributed by atoms with Gasteiger partial charge in [0.25, 0.3) is 0 Å². The van der Waals surface area contributed by atoms with Crippen molar-refractivity contribution in [2.24, 2.45) is 11.3 Å². The first kappa shape index (κ1) is 23.7. The van der Waals surface area contributed by atoms with Gasteiger partial charge in [-0.05, 0) is 104 Å². The third kappa shape index (κ3) is 3.18. The number of allylic oxidation sites excluding steroid dienone is 5. The quantitative estimate of drug-likeness (QED) is 0.423. The summed E-state index contributed by atoms with van der Waals surface area (Å²) in [5.74, 6) is 1.09. The van der Waals surface area contributed by atoms with Crippen molar-refractivity contribution >= 4 is 6.08 Å². The van der Waals surface area contributed by atoms with Crippen molar-refractivity contribution in [1.82, 2.24) is 5.32 Å². The standard InChI is InChI=1S/C33H45N/c1-8-11-14-25-22(4)20-23-17-19-34-32(7)21-33(32,18-12-9-2)27-16-13-15-26-29(27)24(10-3)28(23)30(25)31(26,5)6/h12-13,15,17-20,24,27,34H,8-11,14,16,21H2,1-7H3/b18-12?,19-17-. The number of hydrogen-bond acceptors (Lipinski definition) is 1. The van der Waals surface area contributed by atoms with Gasteiger partial charge in [0.2, 0.25) is 0 Å². The fraction of sp³-hybridized carbons (Fsp3) is 0.576. The van der Waals surface area contributed by atoms with Crippen LogP contribution in [0.1, 0.15) is 114 Å². The molecule has 4 atom stereocenters. The Labute approximate surface area is 208 Å². The molecule has 1 heteroatoms. The van der Waals surface area contributed by atoms with Crippen LogP contribution in [0.4, 0.5) is 0 Å². The second-order valence-electron chi connectivity index (χ2n) is 12.1. The highest BCUT2D eigenvalue weighted by Crippen LogP contribution is 2.69. The maximum Gasteiger partial charge on any atom is 0.0446 e. The van der Waals surface area contributed by atoms with E-state index in [0.29, 0.717) is 11.8 Å². The molecular formula is C33H45N. The monoisotopic (exact) mass is 455 g/mol. The van der Waals surface area contributed by atoms with Crippen LogP contribution in [0.15, 0.2) is 47.7 Å². The molecule has 1 N–H and O–H groups in total. The molecular weight excluding hydrogens is 410 g/mol. The summed E-state index contributed by atoms with van der Waals surface area (Å²) in [5.41, 5.74) is 11.6. The molecule has 0 amide bonds. The third-order valence-electron chi connectivity index (χ3n) is 9.77. The van der Waals surface area contributed by atoms with Crippen molar-refractivity contribution < 1.29 is 0 Å². The predicted molar refractivity (Wildman–Crippen MR) is 147 cm³/mol. The molecule has 0 spiro atoms. The zero-order valence-corrected chi connectivity index (χ0v) is 22.6. The second kappa shape index (κ2) is 8.28. The number of rotatable bonds is 6. The van der Waals surface area contributed by atoms with Crippen LogP contribution in [0.2, 0.25) is 0 Å². The molecule has 1 aliphatic heterocycles. The summed E-state index contributed by atoms with van der Waals surface area (Å²) in [6.07, 6.45) is 23.1. The van der Waals surface area contributed by atoms with Crippen LogP contribution in [-0.2, 0) is 11.8 Å². The highest BCUT2D eigenvalue weighted by molar-refractivity contribution is 5.70. The molecule has 1 aromatic carbocycles. The maximum atomic E-state index is 3.90. The molecule has 182 valence electrons. The summed E-state index contributed by atoms with van der Waals surface area (Å²) in [5, 5.41) is 3.90. The lowest BCUT2D eigenvalue weighted by Crippen LogP contribution is -2.41. The minimum atomic E-state index is 0.0385. The third-order valence-corrected chi connectivity index (χ3v) is 9.77. The van der Waals surface area contributed by atoms with Crippen LogP contribution in [0.3, 0.4) is 0 Å². The molecule has 2 bridgehead atoms. The van der Waals surface area contributed by atoms with Gasteiger partial charge in [-0.15, -0.1) is 0 Å². The van der Waals surface area contributed by atoms with E-state index in [4.69, 9.17) is 0 Å². The Morgan fingerprint density at radius 2 is 1.91 bits per heavy atom. The number of nitrogens with one attached hydrogen (secondary N) is 1. The largest absolute Gasteiger partial charge is 0.385 e. The summed E-state index contributed by atoms with van der Waals surface area (Å²) < 4.78 is 0. The van der Waals surface area contributed by atoms with E-state index in [2.05, 4.69) is 96.4 Å². The van der Waals surface area contributed by atoms with Crippen LogP contribution >= 0.6 is 0 Å². The van der Waals surface area contributed by atoms with E-state index in [1.807, 2.05) is 0 Å². The van der Waals surface area contributed by atoms with E-state index in [0.717, 1.165) is 6.42 Å². The van der Waals surface area contributed by atoms with Crippen LogP contribution in [-0.4, -0.2) is 5.54 Å². The lowest BCUT2D eigenvalue weighted by atomic mass is 9.56.